The van der Waals surface area contributed by atoms with Crippen molar-refractivity contribution in [3.8, 4) is 0 Å². The molecule has 0 aromatic carbocycles. The molecule has 5 nitrogen and oxygen atoms in total. The van der Waals surface area contributed by atoms with Crippen LogP contribution in [0, 0.1) is 0 Å². The molecule has 0 spiro atoms. The largest absolute Gasteiger partial charge is 0.337 e. The highest BCUT2D eigenvalue weighted by molar-refractivity contribution is 7.10. The van der Waals surface area contributed by atoms with E-state index in [-0.39, 0.29) is 11.9 Å². The van der Waals surface area contributed by atoms with E-state index in [1.807, 2.05) is 21.8 Å². The number of rotatable bonds is 5. The van der Waals surface area contributed by atoms with Crippen LogP contribution >= 0.6 is 11.3 Å². The maximum Gasteiger partial charge on any atom is 0.236 e. The van der Waals surface area contributed by atoms with Crippen molar-refractivity contribution in [2.45, 2.75) is 32.5 Å². The minimum atomic E-state index is 0.180. The number of carbonyl (C=O) groups is 1. The molecule has 3 rings (SSSR count). The topological polar surface area (TPSA) is 50.2 Å². The third-order valence-electron chi connectivity index (χ3n) is 3.78. The van der Waals surface area contributed by atoms with Gasteiger partial charge >= 0.3 is 0 Å². The fourth-order valence-corrected chi connectivity index (χ4v) is 3.48. The van der Waals surface area contributed by atoms with Crippen LogP contribution in [0.4, 0.5) is 0 Å². The Morgan fingerprint density at radius 3 is 3.29 bits per heavy atom. The number of amides is 1. The third kappa shape index (κ3) is 3.51. The fraction of sp³-hybridized carbons (Fsp3) is 0.467. The SMILES string of the molecule is C[C@H](Cn1cccn1)NCC(=O)N1CCc2sccc2C1. The van der Waals surface area contributed by atoms with Gasteiger partial charge in [-0.25, -0.2) is 0 Å². The predicted octanol–water partition coefficient (Wildman–Crippen LogP) is 1.51. The van der Waals surface area contributed by atoms with E-state index in [0.29, 0.717) is 6.54 Å². The van der Waals surface area contributed by atoms with Crippen molar-refractivity contribution in [3.05, 3.63) is 40.3 Å². The number of hydrogen-bond acceptors (Lipinski definition) is 4. The highest BCUT2D eigenvalue weighted by Crippen LogP contribution is 2.23. The first-order valence-electron chi connectivity index (χ1n) is 7.26. The molecule has 1 N–H and O–H groups in total. The molecule has 0 saturated heterocycles. The highest BCUT2D eigenvalue weighted by Gasteiger charge is 2.21. The summed E-state index contributed by atoms with van der Waals surface area (Å²) in [5.74, 6) is 0.180. The first-order chi connectivity index (χ1) is 10.2. The summed E-state index contributed by atoms with van der Waals surface area (Å²) in [6, 6.07) is 4.26. The molecule has 1 aliphatic heterocycles. The van der Waals surface area contributed by atoms with Gasteiger partial charge < -0.3 is 10.2 Å². The van der Waals surface area contributed by atoms with Gasteiger partial charge in [-0.2, -0.15) is 5.10 Å². The molecule has 3 heterocycles. The fourth-order valence-electron chi connectivity index (χ4n) is 2.59. The quantitative estimate of drug-likeness (QED) is 0.911. The lowest BCUT2D eigenvalue weighted by Crippen LogP contribution is -2.43. The van der Waals surface area contributed by atoms with E-state index in [2.05, 4.69) is 28.8 Å². The van der Waals surface area contributed by atoms with Crippen LogP contribution < -0.4 is 5.32 Å². The number of carbonyl (C=O) groups excluding carboxylic acids is 1. The molecule has 0 fully saturated rings. The van der Waals surface area contributed by atoms with Crippen LogP contribution in [-0.2, 0) is 24.3 Å². The zero-order valence-electron chi connectivity index (χ0n) is 12.2. The van der Waals surface area contributed by atoms with E-state index in [1.165, 1.54) is 10.4 Å². The Kier molecular flexibility index (Phi) is 4.36. The van der Waals surface area contributed by atoms with Crippen LogP contribution in [0.5, 0.6) is 0 Å². The van der Waals surface area contributed by atoms with Crippen molar-refractivity contribution in [2.24, 2.45) is 0 Å². The predicted molar refractivity (Wildman–Crippen MR) is 83.1 cm³/mol. The Labute approximate surface area is 128 Å². The summed E-state index contributed by atoms with van der Waals surface area (Å²) in [5, 5.41) is 9.58. The lowest BCUT2D eigenvalue weighted by atomic mass is 10.1. The average molecular weight is 304 g/mol. The summed E-state index contributed by atoms with van der Waals surface area (Å²) in [5.41, 5.74) is 1.31. The molecule has 1 atom stereocenters. The molecule has 1 aliphatic rings. The molecule has 0 bridgehead atoms. The Hall–Kier alpha value is -1.66. The minimum absolute atomic E-state index is 0.180. The van der Waals surface area contributed by atoms with E-state index >= 15 is 0 Å². The molecule has 0 saturated carbocycles. The van der Waals surface area contributed by atoms with Gasteiger partial charge in [-0.1, -0.05) is 0 Å². The van der Waals surface area contributed by atoms with Gasteiger partial charge in [0, 0.05) is 36.4 Å². The van der Waals surface area contributed by atoms with E-state index in [4.69, 9.17) is 0 Å². The van der Waals surface area contributed by atoms with Crippen molar-refractivity contribution < 1.29 is 4.79 Å². The van der Waals surface area contributed by atoms with Gasteiger partial charge in [0.05, 0.1) is 13.1 Å². The van der Waals surface area contributed by atoms with Gasteiger partial charge in [0.2, 0.25) is 5.91 Å². The van der Waals surface area contributed by atoms with E-state index < -0.39 is 0 Å². The first kappa shape index (κ1) is 14.3. The summed E-state index contributed by atoms with van der Waals surface area (Å²) in [6.45, 7) is 4.83. The smallest absolute Gasteiger partial charge is 0.236 e. The maximum atomic E-state index is 12.3. The maximum absolute atomic E-state index is 12.3. The average Bonchev–Trinajstić information content (AvgIpc) is 3.14. The molecule has 2 aromatic heterocycles. The van der Waals surface area contributed by atoms with Gasteiger partial charge in [0.1, 0.15) is 0 Å². The summed E-state index contributed by atoms with van der Waals surface area (Å²) in [6.07, 6.45) is 4.69. The van der Waals surface area contributed by atoms with Crippen molar-refractivity contribution in [2.75, 3.05) is 13.1 Å². The molecule has 0 aliphatic carbocycles. The third-order valence-corrected chi connectivity index (χ3v) is 4.81. The zero-order chi connectivity index (χ0) is 14.7. The Morgan fingerprint density at radius 1 is 1.57 bits per heavy atom. The lowest BCUT2D eigenvalue weighted by molar-refractivity contribution is -0.131. The van der Waals surface area contributed by atoms with E-state index in [0.717, 1.165) is 26.1 Å². The molecule has 21 heavy (non-hydrogen) atoms. The summed E-state index contributed by atoms with van der Waals surface area (Å²) < 4.78 is 1.88. The number of aromatic nitrogens is 2. The van der Waals surface area contributed by atoms with Gasteiger partial charge in [-0.05, 0) is 36.4 Å². The molecular weight excluding hydrogens is 284 g/mol. The van der Waals surface area contributed by atoms with E-state index in [1.54, 1.807) is 17.5 Å². The zero-order valence-corrected chi connectivity index (χ0v) is 13.0. The van der Waals surface area contributed by atoms with Gasteiger partial charge in [0.25, 0.3) is 0 Å². The van der Waals surface area contributed by atoms with Crippen LogP contribution in [0.25, 0.3) is 0 Å². The number of fused-ring (bicyclic) bond motifs is 1. The van der Waals surface area contributed by atoms with Gasteiger partial charge in [-0.15, -0.1) is 11.3 Å². The molecule has 1 amide bonds. The standard InChI is InChI=1S/C15H20N4OS/c1-12(10-19-6-2-5-17-19)16-9-15(20)18-7-3-14-13(11-18)4-8-21-14/h2,4-6,8,12,16H,3,7,9-11H2,1H3/t12-/m1/s1. The molecule has 6 heteroatoms. The lowest BCUT2D eigenvalue weighted by Gasteiger charge is -2.27. The van der Waals surface area contributed by atoms with Crippen LogP contribution in [0.3, 0.4) is 0 Å². The Bertz CT molecular complexity index is 593. The van der Waals surface area contributed by atoms with Crippen LogP contribution in [0.2, 0.25) is 0 Å². The molecule has 2 aromatic rings. The second-order valence-electron chi connectivity index (χ2n) is 5.44. The van der Waals surface area contributed by atoms with E-state index in [9.17, 15) is 4.79 Å². The summed E-state index contributed by atoms with van der Waals surface area (Å²) in [4.78, 5) is 15.7. The van der Waals surface area contributed by atoms with Crippen molar-refractivity contribution >= 4 is 17.2 Å². The van der Waals surface area contributed by atoms with Crippen molar-refractivity contribution in [1.29, 1.82) is 0 Å². The van der Waals surface area contributed by atoms with Crippen molar-refractivity contribution in [1.82, 2.24) is 20.0 Å². The first-order valence-corrected chi connectivity index (χ1v) is 8.14. The Morgan fingerprint density at radius 2 is 2.48 bits per heavy atom. The highest BCUT2D eigenvalue weighted by atomic mass is 32.1. The second kappa shape index (κ2) is 6.41. The molecular formula is C15H20N4OS. The normalized spacial score (nSPS) is 15.8. The summed E-state index contributed by atoms with van der Waals surface area (Å²) in [7, 11) is 0. The number of nitrogens with one attached hydrogen (secondary N) is 1. The number of thiophene rings is 1. The van der Waals surface area contributed by atoms with Crippen molar-refractivity contribution in [3.63, 3.8) is 0 Å². The van der Waals surface area contributed by atoms with Crippen LogP contribution in [0.1, 0.15) is 17.4 Å². The number of nitrogens with zero attached hydrogens (tertiary/aromatic N) is 3. The monoisotopic (exact) mass is 304 g/mol. The molecule has 0 unspecified atom stereocenters. The second-order valence-corrected chi connectivity index (χ2v) is 6.45. The Balaban J connectivity index is 1.46. The van der Waals surface area contributed by atoms with Crippen LogP contribution in [-0.4, -0.2) is 39.7 Å². The molecule has 112 valence electrons. The van der Waals surface area contributed by atoms with Crippen LogP contribution in [0.15, 0.2) is 29.9 Å². The number of hydrogen-bond donors (Lipinski definition) is 1. The van der Waals surface area contributed by atoms with Gasteiger partial charge in [-0.3, -0.25) is 9.48 Å². The summed E-state index contributed by atoms with van der Waals surface area (Å²) >= 11 is 1.80. The molecule has 0 radical (unpaired) electrons. The van der Waals surface area contributed by atoms with Gasteiger partial charge in [0.15, 0.2) is 0 Å². The minimum Gasteiger partial charge on any atom is -0.337 e.